The van der Waals surface area contributed by atoms with Gasteiger partial charge >= 0.3 is 0 Å². The molecule has 0 atom stereocenters. The van der Waals surface area contributed by atoms with Gasteiger partial charge in [0.25, 0.3) is 0 Å². The lowest BCUT2D eigenvalue weighted by molar-refractivity contribution is -0.120. The largest absolute Gasteiger partial charge is 0.350 e. The molecule has 0 aliphatic rings. The fourth-order valence-electron chi connectivity index (χ4n) is 2.99. The minimum atomic E-state index is -0.0418. The highest BCUT2D eigenvalue weighted by Crippen LogP contribution is 2.20. The number of para-hydroxylation sites is 1. The summed E-state index contributed by atoms with van der Waals surface area (Å²) >= 11 is 0. The molecule has 0 bridgehead atoms. The highest BCUT2D eigenvalue weighted by molar-refractivity contribution is 5.89. The Bertz CT molecular complexity index is 1050. The molecule has 1 aromatic carbocycles. The van der Waals surface area contributed by atoms with Crippen LogP contribution >= 0.6 is 0 Å². The molecule has 7 nitrogen and oxygen atoms in total. The summed E-state index contributed by atoms with van der Waals surface area (Å²) in [7, 11) is 1.99. The highest BCUT2D eigenvalue weighted by atomic mass is 16.1. The second-order valence-corrected chi connectivity index (χ2v) is 6.10. The zero-order valence-corrected chi connectivity index (χ0v) is 14.3. The molecule has 0 aliphatic carbocycles. The number of fused-ring (bicyclic) bond motifs is 1. The summed E-state index contributed by atoms with van der Waals surface area (Å²) < 4.78 is 3.70. The van der Waals surface area contributed by atoms with Crippen LogP contribution in [0, 0.1) is 0 Å². The average Bonchev–Trinajstić information content (AvgIpc) is 3.27. The number of carbonyl (C=O) groups is 1. The normalized spacial score (nSPS) is 11.0. The minimum absolute atomic E-state index is 0.0418. The highest BCUT2D eigenvalue weighted by Gasteiger charge is 2.11. The van der Waals surface area contributed by atoms with Gasteiger partial charge in [0.05, 0.1) is 24.8 Å². The van der Waals surface area contributed by atoms with Gasteiger partial charge in [-0.25, -0.2) is 4.68 Å². The van der Waals surface area contributed by atoms with E-state index in [1.54, 1.807) is 23.3 Å². The van der Waals surface area contributed by atoms with Gasteiger partial charge in [-0.15, -0.1) is 5.10 Å². The summed E-state index contributed by atoms with van der Waals surface area (Å²) in [6.45, 7) is 0.342. The molecule has 7 heteroatoms. The van der Waals surface area contributed by atoms with Crippen LogP contribution in [-0.4, -0.2) is 30.5 Å². The molecule has 0 aliphatic heterocycles. The number of amides is 1. The lowest BCUT2D eigenvalue weighted by Gasteiger charge is -2.02. The lowest BCUT2D eigenvalue weighted by Crippen LogP contribution is -2.24. The third kappa shape index (κ3) is 3.19. The summed E-state index contributed by atoms with van der Waals surface area (Å²) in [4.78, 5) is 16.3. The lowest BCUT2D eigenvalue weighted by atomic mass is 10.1. The second kappa shape index (κ2) is 6.79. The average molecular weight is 346 g/mol. The predicted molar refractivity (Wildman–Crippen MR) is 97.6 cm³/mol. The topological polar surface area (TPSA) is 77.6 Å². The number of aryl methyl sites for hydroxylation is 1. The van der Waals surface area contributed by atoms with Crippen molar-refractivity contribution in [1.82, 2.24) is 29.9 Å². The van der Waals surface area contributed by atoms with E-state index < -0.39 is 0 Å². The van der Waals surface area contributed by atoms with Crippen LogP contribution in [0.3, 0.4) is 0 Å². The number of pyridine rings is 1. The number of benzene rings is 1. The van der Waals surface area contributed by atoms with E-state index in [0.29, 0.717) is 18.7 Å². The van der Waals surface area contributed by atoms with Crippen LogP contribution < -0.4 is 5.32 Å². The van der Waals surface area contributed by atoms with Gasteiger partial charge in [0.2, 0.25) is 5.91 Å². The number of aromatic nitrogens is 5. The molecule has 130 valence electrons. The number of hydrogen-bond donors (Lipinski definition) is 1. The van der Waals surface area contributed by atoms with Crippen LogP contribution in [-0.2, 0) is 24.8 Å². The third-order valence-corrected chi connectivity index (χ3v) is 4.27. The van der Waals surface area contributed by atoms with Crippen molar-refractivity contribution >= 4 is 16.8 Å². The first-order valence-corrected chi connectivity index (χ1v) is 8.32. The van der Waals surface area contributed by atoms with Crippen LogP contribution in [0.2, 0.25) is 0 Å². The summed E-state index contributed by atoms with van der Waals surface area (Å²) in [6, 6.07) is 11.8. The van der Waals surface area contributed by atoms with Gasteiger partial charge in [0.15, 0.2) is 0 Å². The smallest absolute Gasteiger partial charge is 0.224 e. The molecule has 1 N–H and O–H groups in total. The van der Waals surface area contributed by atoms with Crippen molar-refractivity contribution in [1.29, 1.82) is 0 Å². The number of rotatable bonds is 5. The SMILES string of the molecule is Cn1cc(CC(=O)NCc2cn(-c3ccncc3)nn2)c2ccccc21. The number of hydrogen-bond acceptors (Lipinski definition) is 4. The molecular weight excluding hydrogens is 328 g/mol. The van der Waals surface area contributed by atoms with Crippen LogP contribution in [0.25, 0.3) is 16.6 Å². The third-order valence-electron chi connectivity index (χ3n) is 4.27. The van der Waals surface area contributed by atoms with Gasteiger partial charge in [-0.05, 0) is 23.8 Å². The van der Waals surface area contributed by atoms with Crippen molar-refractivity contribution in [2.75, 3.05) is 0 Å². The van der Waals surface area contributed by atoms with E-state index in [0.717, 1.165) is 22.2 Å². The van der Waals surface area contributed by atoms with Gasteiger partial charge in [-0.3, -0.25) is 9.78 Å². The van der Waals surface area contributed by atoms with Gasteiger partial charge < -0.3 is 9.88 Å². The van der Waals surface area contributed by atoms with Crippen molar-refractivity contribution in [2.24, 2.45) is 7.05 Å². The molecule has 0 radical (unpaired) electrons. The van der Waals surface area contributed by atoms with Gasteiger partial charge in [0, 0.05) is 36.5 Å². The zero-order chi connectivity index (χ0) is 17.9. The van der Waals surface area contributed by atoms with Gasteiger partial charge in [0.1, 0.15) is 5.69 Å². The maximum Gasteiger partial charge on any atom is 0.224 e. The molecular formula is C19H18N6O. The summed E-state index contributed by atoms with van der Waals surface area (Å²) in [5, 5.41) is 12.2. The van der Waals surface area contributed by atoms with Crippen LogP contribution in [0.4, 0.5) is 0 Å². The maximum absolute atomic E-state index is 12.3. The van der Waals surface area contributed by atoms with Crippen LogP contribution in [0.1, 0.15) is 11.3 Å². The quantitative estimate of drug-likeness (QED) is 0.600. The van der Waals surface area contributed by atoms with Crippen molar-refractivity contribution in [3.63, 3.8) is 0 Å². The Hall–Kier alpha value is -3.48. The molecule has 0 unspecified atom stereocenters. The van der Waals surface area contributed by atoms with E-state index in [9.17, 15) is 4.79 Å². The molecule has 3 heterocycles. The Kier molecular flexibility index (Phi) is 4.18. The monoisotopic (exact) mass is 346 g/mol. The summed E-state index contributed by atoms with van der Waals surface area (Å²) in [5.74, 6) is -0.0418. The van der Waals surface area contributed by atoms with E-state index >= 15 is 0 Å². The van der Waals surface area contributed by atoms with E-state index in [4.69, 9.17) is 0 Å². The number of nitrogens with one attached hydrogen (secondary N) is 1. The number of carbonyl (C=O) groups excluding carboxylic acids is 1. The Morgan fingerprint density at radius 1 is 1.12 bits per heavy atom. The second-order valence-electron chi connectivity index (χ2n) is 6.10. The standard InChI is InChI=1S/C19H18N6O/c1-24-12-14(17-4-2-3-5-18(17)24)10-19(26)21-11-15-13-25(23-22-15)16-6-8-20-9-7-16/h2-9,12-13H,10-11H2,1H3,(H,21,26). The zero-order valence-electron chi connectivity index (χ0n) is 14.3. The van der Waals surface area contributed by atoms with Gasteiger partial charge in [-0.1, -0.05) is 23.4 Å². The molecule has 3 aromatic heterocycles. The Morgan fingerprint density at radius 3 is 2.77 bits per heavy atom. The van der Waals surface area contributed by atoms with Crippen LogP contribution in [0.15, 0.2) is 61.2 Å². The first kappa shape index (κ1) is 16.0. The fourth-order valence-corrected chi connectivity index (χ4v) is 2.99. The Balaban J connectivity index is 1.41. The molecule has 1 amide bonds. The molecule has 26 heavy (non-hydrogen) atoms. The van der Waals surface area contributed by atoms with Crippen LogP contribution in [0.5, 0.6) is 0 Å². The Labute approximate surface area is 150 Å². The van der Waals surface area contributed by atoms with E-state index in [2.05, 4.69) is 20.6 Å². The molecule has 4 rings (SSSR count). The first-order valence-electron chi connectivity index (χ1n) is 8.32. The van der Waals surface area contributed by atoms with Crippen molar-refractivity contribution in [2.45, 2.75) is 13.0 Å². The van der Waals surface area contributed by atoms with Gasteiger partial charge in [-0.2, -0.15) is 0 Å². The predicted octanol–water partition coefficient (Wildman–Crippen LogP) is 2.01. The molecule has 0 saturated carbocycles. The van der Waals surface area contributed by atoms with E-state index in [1.165, 1.54) is 0 Å². The molecule has 0 saturated heterocycles. The minimum Gasteiger partial charge on any atom is -0.350 e. The van der Waals surface area contributed by atoms with Crippen molar-refractivity contribution < 1.29 is 4.79 Å². The Morgan fingerprint density at radius 2 is 1.92 bits per heavy atom. The van der Waals surface area contributed by atoms with Crippen molar-refractivity contribution in [3.8, 4) is 5.69 Å². The fraction of sp³-hybridized carbons (Fsp3) is 0.158. The summed E-state index contributed by atoms with van der Waals surface area (Å²) in [6.07, 6.45) is 7.53. The number of nitrogens with zero attached hydrogens (tertiary/aromatic N) is 5. The molecule has 4 aromatic rings. The van der Waals surface area contributed by atoms with Crippen molar-refractivity contribution in [3.05, 3.63) is 72.4 Å². The summed E-state index contributed by atoms with van der Waals surface area (Å²) in [5.41, 5.74) is 3.71. The van der Waals surface area contributed by atoms with E-state index in [-0.39, 0.29) is 5.91 Å². The molecule has 0 fully saturated rings. The van der Waals surface area contributed by atoms with E-state index in [1.807, 2.05) is 54.2 Å². The maximum atomic E-state index is 12.3. The first-order chi connectivity index (χ1) is 12.7. The molecule has 0 spiro atoms.